The Bertz CT molecular complexity index is 1410. The summed E-state index contributed by atoms with van der Waals surface area (Å²) >= 11 is 0. The molecule has 180 valence electrons. The van der Waals surface area contributed by atoms with Crippen molar-refractivity contribution in [3.63, 3.8) is 0 Å². The van der Waals surface area contributed by atoms with Crippen LogP contribution in [-0.2, 0) is 6.18 Å². The van der Waals surface area contributed by atoms with Crippen molar-refractivity contribution in [3.8, 4) is 11.4 Å². The maximum atomic E-state index is 13.6. The molecule has 0 aliphatic heterocycles. The molecule has 0 bridgehead atoms. The Balaban J connectivity index is 1.70. The fourth-order valence-corrected chi connectivity index (χ4v) is 3.36. The summed E-state index contributed by atoms with van der Waals surface area (Å²) in [6, 6.07) is 4.74. The second kappa shape index (κ2) is 8.85. The van der Waals surface area contributed by atoms with E-state index in [2.05, 4.69) is 20.3 Å². The summed E-state index contributed by atoms with van der Waals surface area (Å²) < 4.78 is 79.6. The van der Waals surface area contributed by atoms with Crippen LogP contribution in [0.1, 0.15) is 22.3 Å². The Morgan fingerprint density at radius 2 is 1.74 bits per heavy atom. The molecule has 0 spiro atoms. The number of carboxylic acids is 1. The van der Waals surface area contributed by atoms with Crippen LogP contribution in [0, 0.1) is 0 Å². The van der Waals surface area contributed by atoms with Crippen LogP contribution in [0.3, 0.4) is 0 Å². The topological polar surface area (TPSA) is 88.0 Å². The third-order valence-corrected chi connectivity index (χ3v) is 5.01. The number of hydrogen-bond donors (Lipinski definition) is 2. The molecule has 0 aromatic carbocycles. The van der Waals surface area contributed by atoms with E-state index in [-0.39, 0.29) is 17.8 Å². The minimum Gasteiger partial charge on any atom is -0.478 e. The molecule has 0 radical (unpaired) electrons. The van der Waals surface area contributed by atoms with Crippen LogP contribution >= 0.6 is 0 Å². The zero-order valence-electron chi connectivity index (χ0n) is 17.4. The molecule has 4 rings (SSSR count). The lowest BCUT2D eigenvalue weighted by molar-refractivity contribution is -0.137. The molecule has 3 aromatic heterocycles. The highest BCUT2D eigenvalue weighted by Gasteiger charge is 2.36. The number of carboxylic acid groups (broad SMARTS) is 1. The summed E-state index contributed by atoms with van der Waals surface area (Å²) in [5, 5.41) is 12.4. The van der Waals surface area contributed by atoms with Gasteiger partial charge in [0.25, 0.3) is 0 Å². The highest BCUT2D eigenvalue weighted by atomic mass is 19.4. The first-order chi connectivity index (χ1) is 16.4. The first-order valence-electron chi connectivity index (χ1n) is 9.93. The van der Waals surface area contributed by atoms with Gasteiger partial charge in [0, 0.05) is 23.5 Å². The van der Waals surface area contributed by atoms with Gasteiger partial charge in [0.1, 0.15) is 5.69 Å². The number of allylic oxidation sites excluding steroid dienone is 5. The summed E-state index contributed by atoms with van der Waals surface area (Å²) in [4.78, 5) is 23.0. The number of fused-ring (bicyclic) bond motifs is 1. The number of carbonyl (C=O) groups is 1. The molecule has 0 amide bonds. The largest absolute Gasteiger partial charge is 0.478 e. The smallest absolute Gasteiger partial charge is 0.418 e. The molecule has 6 nitrogen and oxygen atoms in total. The van der Waals surface area contributed by atoms with Crippen molar-refractivity contribution in [2.75, 3.05) is 5.32 Å². The Morgan fingerprint density at radius 3 is 2.43 bits per heavy atom. The summed E-state index contributed by atoms with van der Waals surface area (Å²) in [5.74, 6) is -1.56. The van der Waals surface area contributed by atoms with Crippen molar-refractivity contribution in [3.05, 3.63) is 83.4 Å². The number of aromatic carboxylic acids is 1. The van der Waals surface area contributed by atoms with Crippen LogP contribution in [0.2, 0.25) is 0 Å². The van der Waals surface area contributed by atoms with Gasteiger partial charge in [-0.1, -0.05) is 12.2 Å². The standard InChI is InChI=1S/C23H14F6N4O2/c24-22(25,26)13-2-1-3-14(5-4-13)32-17-8-9-30-20-15(17)6-7-18(33-20)19-16(23(27,28)29)10-12(11-31-19)21(34)35/h2-11H,1H2,(H,34,35)(H,30,32,33). The highest BCUT2D eigenvalue weighted by Crippen LogP contribution is 2.37. The van der Waals surface area contributed by atoms with E-state index in [0.29, 0.717) is 22.8 Å². The third kappa shape index (κ3) is 5.15. The van der Waals surface area contributed by atoms with Gasteiger partial charge in [0.15, 0.2) is 5.65 Å². The van der Waals surface area contributed by atoms with Gasteiger partial charge in [-0.3, -0.25) is 4.98 Å². The van der Waals surface area contributed by atoms with Crippen molar-refractivity contribution in [1.82, 2.24) is 15.0 Å². The molecule has 0 saturated heterocycles. The van der Waals surface area contributed by atoms with Crippen molar-refractivity contribution >= 4 is 22.7 Å². The normalized spacial score (nSPS) is 14.3. The van der Waals surface area contributed by atoms with Gasteiger partial charge in [-0.05, 0) is 42.8 Å². The third-order valence-electron chi connectivity index (χ3n) is 5.01. The lowest BCUT2D eigenvalue weighted by atomic mass is 10.1. The van der Waals surface area contributed by atoms with E-state index in [4.69, 9.17) is 5.11 Å². The molecule has 0 fully saturated rings. The molecule has 0 saturated carbocycles. The number of rotatable bonds is 4. The number of anilines is 1. The van der Waals surface area contributed by atoms with Gasteiger partial charge in [-0.2, -0.15) is 26.3 Å². The number of hydrogen-bond acceptors (Lipinski definition) is 5. The number of nitrogens with zero attached hydrogens (tertiary/aromatic N) is 3. The van der Waals surface area contributed by atoms with E-state index in [1.165, 1.54) is 24.4 Å². The monoisotopic (exact) mass is 492 g/mol. The Morgan fingerprint density at radius 1 is 0.971 bits per heavy atom. The maximum absolute atomic E-state index is 13.6. The molecule has 0 unspecified atom stereocenters. The highest BCUT2D eigenvalue weighted by molar-refractivity contribution is 5.91. The second-order valence-electron chi connectivity index (χ2n) is 7.36. The molecule has 1 aliphatic rings. The van der Waals surface area contributed by atoms with Crippen LogP contribution in [0.15, 0.2) is 72.2 Å². The van der Waals surface area contributed by atoms with Gasteiger partial charge in [-0.15, -0.1) is 0 Å². The van der Waals surface area contributed by atoms with Crippen molar-refractivity contribution < 1.29 is 36.2 Å². The molecular formula is C23H14F6N4O2. The summed E-state index contributed by atoms with van der Waals surface area (Å²) in [6.07, 6.45) is -2.38. The first-order valence-corrected chi connectivity index (χ1v) is 9.93. The number of alkyl halides is 6. The Hall–Kier alpha value is -4.22. The van der Waals surface area contributed by atoms with Crippen molar-refractivity contribution in [1.29, 1.82) is 0 Å². The fraction of sp³-hybridized carbons (Fsp3) is 0.130. The van der Waals surface area contributed by atoms with Crippen LogP contribution in [0.5, 0.6) is 0 Å². The zero-order chi connectivity index (χ0) is 25.4. The van der Waals surface area contributed by atoms with Crippen LogP contribution in [-0.4, -0.2) is 32.2 Å². The number of nitrogens with one attached hydrogen (secondary N) is 1. The quantitative estimate of drug-likeness (QED) is 0.425. The minimum atomic E-state index is -4.89. The summed E-state index contributed by atoms with van der Waals surface area (Å²) in [6.45, 7) is 0. The predicted molar refractivity (Wildman–Crippen MR) is 114 cm³/mol. The van der Waals surface area contributed by atoms with E-state index in [0.717, 1.165) is 18.3 Å². The van der Waals surface area contributed by atoms with E-state index in [1.807, 2.05) is 0 Å². The molecule has 12 heteroatoms. The molecule has 1 aliphatic carbocycles. The molecule has 3 heterocycles. The number of halogens is 6. The van der Waals surface area contributed by atoms with Gasteiger partial charge in [0.2, 0.25) is 0 Å². The predicted octanol–water partition coefficient (Wildman–Crippen LogP) is 6.15. The number of aromatic nitrogens is 3. The van der Waals surface area contributed by atoms with E-state index < -0.39 is 40.7 Å². The SMILES string of the molecule is O=C(O)c1cnc(-c2ccc3c(NC4=CCC=C(C(F)(F)F)C=C4)ccnc3n2)c(C(F)(F)F)c1. The molecule has 35 heavy (non-hydrogen) atoms. The fourth-order valence-electron chi connectivity index (χ4n) is 3.36. The van der Waals surface area contributed by atoms with Crippen LogP contribution in [0.25, 0.3) is 22.4 Å². The van der Waals surface area contributed by atoms with Gasteiger partial charge in [-0.25, -0.2) is 14.8 Å². The molecule has 3 aromatic rings. The van der Waals surface area contributed by atoms with Gasteiger partial charge >= 0.3 is 18.3 Å². The Kier molecular flexibility index (Phi) is 6.05. The second-order valence-corrected chi connectivity index (χ2v) is 7.36. The van der Waals surface area contributed by atoms with E-state index >= 15 is 0 Å². The van der Waals surface area contributed by atoms with Crippen LogP contribution < -0.4 is 5.32 Å². The molecule has 0 atom stereocenters. The van der Waals surface area contributed by atoms with Gasteiger partial charge in [0.05, 0.1) is 28.1 Å². The van der Waals surface area contributed by atoms with Crippen molar-refractivity contribution in [2.45, 2.75) is 18.8 Å². The summed E-state index contributed by atoms with van der Waals surface area (Å²) in [7, 11) is 0. The minimum absolute atomic E-state index is 0.0355. The van der Waals surface area contributed by atoms with E-state index in [1.54, 1.807) is 12.1 Å². The number of pyridine rings is 3. The Labute approximate surface area is 193 Å². The van der Waals surface area contributed by atoms with E-state index in [9.17, 15) is 31.1 Å². The lowest BCUT2D eigenvalue weighted by Crippen LogP contribution is -2.12. The molecule has 2 N–H and O–H groups in total. The van der Waals surface area contributed by atoms with Gasteiger partial charge < -0.3 is 10.4 Å². The maximum Gasteiger partial charge on any atom is 0.418 e. The van der Waals surface area contributed by atoms with Crippen LogP contribution in [0.4, 0.5) is 32.0 Å². The first kappa shape index (κ1) is 23.9. The average molecular weight is 492 g/mol. The van der Waals surface area contributed by atoms with Crippen molar-refractivity contribution in [2.24, 2.45) is 0 Å². The summed E-state index contributed by atoms with van der Waals surface area (Å²) in [5.41, 5.74) is -2.56. The lowest BCUT2D eigenvalue weighted by Gasteiger charge is -2.14. The average Bonchev–Trinajstić information content (AvgIpc) is 3.03. The molecular weight excluding hydrogens is 478 g/mol. The zero-order valence-corrected chi connectivity index (χ0v) is 17.4.